The normalized spacial score (nSPS) is 20.9. The smallest absolute Gasteiger partial charge is 0.306 e. The molecule has 0 aromatic carbocycles. The number of ether oxygens (including phenoxy) is 4. The second-order valence-electron chi connectivity index (χ2n) is 15.4. The Kier molecular flexibility index (Phi) is 32.6. The monoisotopic (exact) mass is 755 g/mol. The van der Waals surface area contributed by atoms with Crippen molar-refractivity contribution >= 4 is 11.9 Å². The third-order valence-corrected chi connectivity index (χ3v) is 10.4. The number of carbonyl (C=O) groups is 2. The van der Waals surface area contributed by atoms with Crippen LogP contribution in [-0.4, -0.2) is 77.3 Å². The summed E-state index contributed by atoms with van der Waals surface area (Å²) in [4.78, 5) is 25.3. The molecular formula is C44H82O9. The molecule has 1 aliphatic rings. The third-order valence-electron chi connectivity index (χ3n) is 10.4. The lowest BCUT2D eigenvalue weighted by Crippen LogP contribution is -2.58. The number of unbranched alkanes of at least 4 members (excludes halogenated alkanes) is 23. The number of hydrogen-bond donors (Lipinski definition) is 3. The van der Waals surface area contributed by atoms with Crippen molar-refractivity contribution in [1.82, 2.24) is 0 Å². The predicted octanol–water partition coefficient (Wildman–Crippen LogP) is 10.2. The Bertz CT molecular complexity index is 879. The van der Waals surface area contributed by atoms with Gasteiger partial charge in [-0.2, -0.15) is 0 Å². The van der Waals surface area contributed by atoms with Gasteiger partial charge in [0.2, 0.25) is 0 Å². The Morgan fingerprint density at radius 2 is 0.981 bits per heavy atom. The average Bonchev–Trinajstić information content (AvgIpc) is 3.15. The van der Waals surface area contributed by atoms with Gasteiger partial charge >= 0.3 is 11.9 Å². The number of allylic oxidation sites excluding steroid dienone is 2. The van der Waals surface area contributed by atoms with Crippen molar-refractivity contribution < 1.29 is 43.9 Å². The molecule has 9 heteroatoms. The van der Waals surface area contributed by atoms with Crippen molar-refractivity contribution in [3.63, 3.8) is 0 Å². The van der Waals surface area contributed by atoms with Crippen LogP contribution in [0.15, 0.2) is 12.2 Å². The molecule has 1 heterocycles. The first-order valence-electron chi connectivity index (χ1n) is 22.1. The molecule has 0 radical (unpaired) electrons. The van der Waals surface area contributed by atoms with Crippen LogP contribution in [0.2, 0.25) is 0 Å². The first-order chi connectivity index (χ1) is 25.8. The van der Waals surface area contributed by atoms with Crippen LogP contribution in [0, 0.1) is 0 Å². The molecule has 9 nitrogen and oxygen atoms in total. The fourth-order valence-corrected chi connectivity index (χ4v) is 6.84. The first-order valence-corrected chi connectivity index (χ1v) is 22.1. The molecule has 3 N–H and O–H groups in total. The Labute approximate surface area is 324 Å². The van der Waals surface area contributed by atoms with Crippen LogP contribution in [-0.2, 0) is 28.5 Å². The Morgan fingerprint density at radius 1 is 0.547 bits per heavy atom. The summed E-state index contributed by atoms with van der Waals surface area (Å²) < 4.78 is 22.6. The van der Waals surface area contributed by atoms with Crippen LogP contribution >= 0.6 is 0 Å². The molecule has 6 unspecified atom stereocenters. The fourth-order valence-electron chi connectivity index (χ4n) is 6.84. The van der Waals surface area contributed by atoms with E-state index in [-0.39, 0.29) is 25.6 Å². The van der Waals surface area contributed by atoms with E-state index in [0.29, 0.717) is 19.3 Å². The van der Waals surface area contributed by atoms with Crippen LogP contribution < -0.4 is 0 Å². The Morgan fingerprint density at radius 3 is 1.45 bits per heavy atom. The van der Waals surface area contributed by atoms with Crippen LogP contribution in [0.5, 0.6) is 0 Å². The number of hydrogen-bond acceptors (Lipinski definition) is 9. The van der Waals surface area contributed by atoms with Gasteiger partial charge in [0, 0.05) is 12.8 Å². The van der Waals surface area contributed by atoms with Crippen molar-refractivity contribution in [3.05, 3.63) is 12.2 Å². The quantitative estimate of drug-likeness (QED) is 0.0325. The molecule has 1 fully saturated rings. The highest BCUT2D eigenvalue weighted by molar-refractivity contribution is 5.70. The maximum absolute atomic E-state index is 12.8. The first kappa shape index (κ1) is 49.5. The number of aliphatic hydroxyl groups is 3. The summed E-state index contributed by atoms with van der Waals surface area (Å²) in [7, 11) is 0. The predicted molar refractivity (Wildman–Crippen MR) is 214 cm³/mol. The van der Waals surface area contributed by atoms with Crippen LogP contribution in [0.25, 0.3) is 0 Å². The number of carbonyl (C=O) groups excluding carboxylic acids is 2. The van der Waals surface area contributed by atoms with Crippen LogP contribution in [0.3, 0.4) is 0 Å². The molecule has 0 spiro atoms. The SMILES string of the molecule is CCCCCCCC/C=C\CCCCCCCC(=O)OC(COC(=O)CCCCCCCCCCCCCCC)COC1OC(CC)C(O)C(O)C1O. The summed E-state index contributed by atoms with van der Waals surface area (Å²) in [5.74, 6) is -0.735. The summed E-state index contributed by atoms with van der Waals surface area (Å²) in [5.41, 5.74) is 0. The molecule has 6 atom stereocenters. The van der Waals surface area contributed by atoms with E-state index in [4.69, 9.17) is 18.9 Å². The molecule has 0 aromatic heterocycles. The standard InChI is InChI=1S/C44H82O9/c1-4-7-9-11-13-15-17-19-20-22-24-26-28-30-32-34-40(46)52-37(36-51-44-43(49)42(48)41(47)38(6-3)53-44)35-50-39(45)33-31-29-27-25-23-21-18-16-14-12-10-8-5-2/h19-20,37-38,41-44,47-49H,4-18,21-36H2,1-3H3/b20-19-. The van der Waals surface area contributed by atoms with Gasteiger partial charge in [0.25, 0.3) is 0 Å². The summed E-state index contributed by atoms with van der Waals surface area (Å²) in [5, 5.41) is 30.9. The second-order valence-corrected chi connectivity index (χ2v) is 15.4. The van der Waals surface area contributed by atoms with E-state index in [0.717, 1.165) is 51.4 Å². The zero-order chi connectivity index (χ0) is 38.8. The van der Waals surface area contributed by atoms with Crippen molar-refractivity contribution in [1.29, 1.82) is 0 Å². The lowest BCUT2D eigenvalue weighted by Gasteiger charge is -2.40. The Hall–Kier alpha value is -1.52. The van der Waals surface area contributed by atoms with Crippen LogP contribution in [0.4, 0.5) is 0 Å². The molecule has 0 saturated carbocycles. The lowest BCUT2D eigenvalue weighted by atomic mass is 9.97. The van der Waals surface area contributed by atoms with Crippen molar-refractivity contribution in [2.75, 3.05) is 13.2 Å². The maximum atomic E-state index is 12.8. The van der Waals surface area contributed by atoms with E-state index in [1.54, 1.807) is 6.92 Å². The van der Waals surface area contributed by atoms with Gasteiger partial charge in [0.1, 0.15) is 24.9 Å². The van der Waals surface area contributed by atoms with Gasteiger partial charge in [0.05, 0.1) is 12.7 Å². The minimum absolute atomic E-state index is 0.166. The number of aliphatic hydroxyl groups excluding tert-OH is 3. The summed E-state index contributed by atoms with van der Waals surface area (Å²) in [6, 6.07) is 0. The van der Waals surface area contributed by atoms with E-state index in [1.807, 2.05) is 0 Å². The van der Waals surface area contributed by atoms with E-state index >= 15 is 0 Å². The van der Waals surface area contributed by atoms with Gasteiger partial charge < -0.3 is 34.3 Å². The molecule has 1 saturated heterocycles. The van der Waals surface area contributed by atoms with Gasteiger partial charge in [-0.3, -0.25) is 9.59 Å². The summed E-state index contributed by atoms with van der Waals surface area (Å²) in [6.07, 6.45) is 29.9. The largest absolute Gasteiger partial charge is 0.462 e. The maximum Gasteiger partial charge on any atom is 0.306 e. The number of esters is 2. The molecule has 0 amide bonds. The zero-order valence-corrected chi connectivity index (χ0v) is 34.3. The minimum atomic E-state index is -1.47. The van der Waals surface area contributed by atoms with Gasteiger partial charge in [-0.05, 0) is 44.9 Å². The van der Waals surface area contributed by atoms with Gasteiger partial charge in [-0.1, -0.05) is 161 Å². The van der Waals surface area contributed by atoms with E-state index < -0.39 is 42.8 Å². The second kappa shape index (κ2) is 34.9. The van der Waals surface area contributed by atoms with Crippen molar-refractivity contribution in [3.8, 4) is 0 Å². The molecule has 0 aliphatic carbocycles. The van der Waals surface area contributed by atoms with Gasteiger partial charge in [0.15, 0.2) is 12.4 Å². The minimum Gasteiger partial charge on any atom is -0.462 e. The molecular weight excluding hydrogens is 672 g/mol. The molecule has 53 heavy (non-hydrogen) atoms. The fraction of sp³-hybridized carbons (Fsp3) is 0.909. The lowest BCUT2D eigenvalue weighted by molar-refractivity contribution is -0.301. The Balaban J connectivity index is 2.35. The van der Waals surface area contributed by atoms with Gasteiger partial charge in [-0.15, -0.1) is 0 Å². The third kappa shape index (κ3) is 26.8. The van der Waals surface area contributed by atoms with E-state index in [9.17, 15) is 24.9 Å². The van der Waals surface area contributed by atoms with E-state index in [2.05, 4.69) is 26.0 Å². The zero-order valence-electron chi connectivity index (χ0n) is 34.3. The highest BCUT2D eigenvalue weighted by atomic mass is 16.7. The number of rotatable bonds is 36. The average molecular weight is 755 g/mol. The molecule has 1 rings (SSSR count). The highest BCUT2D eigenvalue weighted by Gasteiger charge is 2.43. The molecule has 1 aliphatic heterocycles. The van der Waals surface area contributed by atoms with E-state index in [1.165, 1.54) is 109 Å². The molecule has 0 bridgehead atoms. The highest BCUT2D eigenvalue weighted by Crippen LogP contribution is 2.24. The van der Waals surface area contributed by atoms with Crippen LogP contribution in [0.1, 0.15) is 207 Å². The molecule has 312 valence electrons. The topological polar surface area (TPSA) is 132 Å². The van der Waals surface area contributed by atoms with Gasteiger partial charge in [-0.25, -0.2) is 0 Å². The summed E-state index contributed by atoms with van der Waals surface area (Å²) >= 11 is 0. The van der Waals surface area contributed by atoms with Crippen molar-refractivity contribution in [2.45, 2.75) is 244 Å². The van der Waals surface area contributed by atoms with Crippen molar-refractivity contribution in [2.24, 2.45) is 0 Å². The summed E-state index contributed by atoms with van der Waals surface area (Å²) in [6.45, 7) is 5.94. The molecule has 0 aromatic rings.